The van der Waals surface area contributed by atoms with Crippen molar-refractivity contribution in [3.8, 4) is 5.75 Å². The molecule has 1 aromatic carbocycles. The molecule has 1 aliphatic carbocycles. The molecule has 3 nitrogen and oxygen atoms in total. The molecule has 1 fully saturated rings. The van der Waals surface area contributed by atoms with Crippen molar-refractivity contribution in [2.75, 3.05) is 0 Å². The number of hydrogen-bond donors (Lipinski definition) is 1. The maximum absolute atomic E-state index is 13.4. The Bertz CT molecular complexity index is 475. The third-order valence-electron chi connectivity index (χ3n) is 3.52. The van der Waals surface area contributed by atoms with E-state index in [2.05, 4.69) is 21.2 Å². The van der Waals surface area contributed by atoms with Crippen molar-refractivity contribution in [2.24, 2.45) is 0 Å². The second kappa shape index (κ2) is 7.07. The van der Waals surface area contributed by atoms with Crippen molar-refractivity contribution in [3.63, 3.8) is 0 Å². The Labute approximate surface area is 127 Å². The summed E-state index contributed by atoms with van der Waals surface area (Å²) in [6.07, 6.45) is 5.02. The fourth-order valence-corrected chi connectivity index (χ4v) is 2.62. The molecule has 0 bridgehead atoms. The molecule has 0 spiro atoms. The highest BCUT2D eigenvalue weighted by atomic mass is 79.9. The number of benzene rings is 1. The Morgan fingerprint density at radius 2 is 2.10 bits per heavy atom. The Hall–Kier alpha value is -1.10. The molecule has 1 amide bonds. The fourth-order valence-electron chi connectivity index (χ4n) is 2.37. The second-order valence-corrected chi connectivity index (χ2v) is 6.03. The quantitative estimate of drug-likeness (QED) is 0.902. The summed E-state index contributed by atoms with van der Waals surface area (Å²) in [5.41, 5.74) is 0. The normalized spacial score (nSPS) is 17.6. The number of rotatable bonds is 4. The van der Waals surface area contributed by atoms with E-state index in [1.54, 1.807) is 19.1 Å². The first kappa shape index (κ1) is 15.3. The van der Waals surface area contributed by atoms with E-state index in [0.717, 1.165) is 25.7 Å². The van der Waals surface area contributed by atoms with E-state index in [-0.39, 0.29) is 11.9 Å². The monoisotopic (exact) mass is 343 g/mol. The maximum Gasteiger partial charge on any atom is 0.260 e. The number of amides is 1. The van der Waals surface area contributed by atoms with E-state index in [1.807, 2.05) is 0 Å². The minimum absolute atomic E-state index is 0.139. The largest absolute Gasteiger partial charge is 0.481 e. The van der Waals surface area contributed by atoms with Gasteiger partial charge in [-0.05, 0) is 47.8 Å². The molecule has 110 valence electrons. The minimum atomic E-state index is -0.627. The van der Waals surface area contributed by atoms with Gasteiger partial charge < -0.3 is 10.1 Å². The van der Waals surface area contributed by atoms with Gasteiger partial charge in [0.1, 0.15) is 11.6 Å². The van der Waals surface area contributed by atoms with Crippen LogP contribution in [0.15, 0.2) is 22.7 Å². The predicted molar refractivity (Wildman–Crippen MR) is 79.2 cm³/mol. The number of carbonyl (C=O) groups is 1. The van der Waals surface area contributed by atoms with E-state index in [1.165, 1.54) is 12.5 Å². The smallest absolute Gasteiger partial charge is 0.260 e. The standard InChI is InChI=1S/C15H19BrFNO2/c1-10(15(19)18-11-5-3-2-4-6-11)20-12-7-8-13(16)14(17)9-12/h7-11H,2-6H2,1H3,(H,18,19). The minimum Gasteiger partial charge on any atom is -0.481 e. The number of nitrogens with one attached hydrogen (secondary N) is 1. The fraction of sp³-hybridized carbons (Fsp3) is 0.533. The number of ether oxygens (including phenoxy) is 1. The van der Waals surface area contributed by atoms with E-state index in [9.17, 15) is 9.18 Å². The van der Waals surface area contributed by atoms with Crippen LogP contribution in [-0.2, 0) is 4.79 Å². The van der Waals surface area contributed by atoms with Crippen molar-refractivity contribution < 1.29 is 13.9 Å². The van der Waals surface area contributed by atoms with Gasteiger partial charge in [-0.15, -0.1) is 0 Å². The number of hydrogen-bond acceptors (Lipinski definition) is 2. The molecule has 1 unspecified atom stereocenters. The molecule has 2 rings (SSSR count). The van der Waals surface area contributed by atoms with Crippen molar-refractivity contribution in [2.45, 2.75) is 51.2 Å². The van der Waals surface area contributed by atoms with Crippen LogP contribution in [0.1, 0.15) is 39.0 Å². The molecule has 1 atom stereocenters. The van der Waals surface area contributed by atoms with Gasteiger partial charge >= 0.3 is 0 Å². The molecule has 0 heterocycles. The van der Waals surface area contributed by atoms with Crippen molar-refractivity contribution >= 4 is 21.8 Å². The van der Waals surface area contributed by atoms with Gasteiger partial charge in [-0.1, -0.05) is 19.3 Å². The average molecular weight is 344 g/mol. The third kappa shape index (κ3) is 4.20. The van der Waals surface area contributed by atoms with Gasteiger partial charge in [0.15, 0.2) is 6.10 Å². The zero-order valence-corrected chi connectivity index (χ0v) is 13.1. The van der Waals surface area contributed by atoms with Crippen LogP contribution >= 0.6 is 15.9 Å². The SMILES string of the molecule is CC(Oc1ccc(Br)c(F)c1)C(=O)NC1CCCCC1. The Morgan fingerprint density at radius 3 is 2.75 bits per heavy atom. The van der Waals surface area contributed by atoms with Gasteiger partial charge in [0, 0.05) is 12.1 Å². The highest BCUT2D eigenvalue weighted by Gasteiger charge is 2.20. The van der Waals surface area contributed by atoms with Crippen LogP contribution < -0.4 is 10.1 Å². The molecule has 0 saturated heterocycles. The first-order valence-electron chi connectivity index (χ1n) is 6.98. The summed E-state index contributed by atoms with van der Waals surface area (Å²) in [6.45, 7) is 1.68. The van der Waals surface area contributed by atoms with E-state index >= 15 is 0 Å². The summed E-state index contributed by atoms with van der Waals surface area (Å²) in [5.74, 6) is -0.181. The summed E-state index contributed by atoms with van der Waals surface area (Å²) in [6, 6.07) is 4.73. The summed E-state index contributed by atoms with van der Waals surface area (Å²) < 4.78 is 19.2. The molecule has 1 aromatic rings. The Morgan fingerprint density at radius 1 is 1.40 bits per heavy atom. The summed E-state index contributed by atoms with van der Waals surface area (Å²) in [7, 11) is 0. The molecule has 5 heteroatoms. The topological polar surface area (TPSA) is 38.3 Å². The van der Waals surface area contributed by atoms with Gasteiger partial charge in [0.2, 0.25) is 0 Å². The lowest BCUT2D eigenvalue weighted by Crippen LogP contribution is -2.43. The molecule has 0 radical (unpaired) electrons. The van der Waals surface area contributed by atoms with Gasteiger partial charge in [-0.25, -0.2) is 4.39 Å². The van der Waals surface area contributed by atoms with Crippen LogP contribution in [0, 0.1) is 5.82 Å². The zero-order chi connectivity index (χ0) is 14.5. The lowest BCUT2D eigenvalue weighted by atomic mass is 9.95. The Kier molecular flexibility index (Phi) is 5.40. The van der Waals surface area contributed by atoms with Gasteiger partial charge in [-0.2, -0.15) is 0 Å². The summed E-state index contributed by atoms with van der Waals surface area (Å²) in [4.78, 5) is 12.0. The average Bonchev–Trinajstić information content (AvgIpc) is 2.44. The predicted octanol–water partition coefficient (Wildman–Crippen LogP) is 3.80. The molecule has 1 saturated carbocycles. The first-order chi connectivity index (χ1) is 9.56. The summed E-state index contributed by atoms with van der Waals surface area (Å²) in [5, 5.41) is 3.00. The number of carbonyl (C=O) groups excluding carboxylic acids is 1. The van der Waals surface area contributed by atoms with Crippen LogP contribution in [0.2, 0.25) is 0 Å². The number of halogens is 2. The second-order valence-electron chi connectivity index (χ2n) is 5.18. The van der Waals surface area contributed by atoms with Gasteiger partial charge in [-0.3, -0.25) is 4.79 Å². The molecule has 20 heavy (non-hydrogen) atoms. The van der Waals surface area contributed by atoms with E-state index in [4.69, 9.17) is 4.74 Å². The van der Waals surface area contributed by atoms with Gasteiger partial charge in [0.25, 0.3) is 5.91 Å². The van der Waals surface area contributed by atoms with Crippen LogP contribution in [0.4, 0.5) is 4.39 Å². The lowest BCUT2D eigenvalue weighted by Gasteiger charge is -2.24. The molecule has 0 aliphatic heterocycles. The van der Waals surface area contributed by atoms with Crippen molar-refractivity contribution in [3.05, 3.63) is 28.5 Å². The van der Waals surface area contributed by atoms with Crippen LogP contribution in [-0.4, -0.2) is 18.1 Å². The van der Waals surface area contributed by atoms with Gasteiger partial charge in [0.05, 0.1) is 4.47 Å². The molecule has 1 N–H and O–H groups in total. The molecular formula is C15H19BrFNO2. The van der Waals surface area contributed by atoms with Crippen LogP contribution in [0.3, 0.4) is 0 Å². The van der Waals surface area contributed by atoms with E-state index < -0.39 is 11.9 Å². The highest BCUT2D eigenvalue weighted by molar-refractivity contribution is 9.10. The maximum atomic E-state index is 13.4. The molecule has 1 aliphatic rings. The Balaban J connectivity index is 1.88. The van der Waals surface area contributed by atoms with Crippen LogP contribution in [0.5, 0.6) is 5.75 Å². The summed E-state index contributed by atoms with van der Waals surface area (Å²) >= 11 is 3.08. The van der Waals surface area contributed by atoms with E-state index in [0.29, 0.717) is 10.2 Å². The highest BCUT2D eigenvalue weighted by Crippen LogP contribution is 2.22. The zero-order valence-electron chi connectivity index (χ0n) is 11.5. The lowest BCUT2D eigenvalue weighted by molar-refractivity contribution is -0.128. The third-order valence-corrected chi connectivity index (χ3v) is 4.17. The first-order valence-corrected chi connectivity index (χ1v) is 7.77. The molecular weight excluding hydrogens is 325 g/mol. The molecule has 0 aromatic heterocycles. The van der Waals surface area contributed by atoms with Crippen molar-refractivity contribution in [1.82, 2.24) is 5.32 Å². The van der Waals surface area contributed by atoms with Crippen molar-refractivity contribution in [1.29, 1.82) is 0 Å². The van der Waals surface area contributed by atoms with Crippen LogP contribution in [0.25, 0.3) is 0 Å².